The van der Waals surface area contributed by atoms with Crippen molar-refractivity contribution in [3.8, 4) is 5.75 Å². The summed E-state index contributed by atoms with van der Waals surface area (Å²) in [6, 6.07) is 4.63. The first-order valence-electron chi connectivity index (χ1n) is 9.41. The van der Waals surface area contributed by atoms with E-state index in [1.54, 1.807) is 17.0 Å². The summed E-state index contributed by atoms with van der Waals surface area (Å²) in [5.41, 5.74) is 0.334. The SMILES string of the molecule is COc1ccc(S(=O)(=O)N2CCC[C@@H](C)C2)cc1C(=O)N1CCCCC1. The number of benzene rings is 1. The highest BCUT2D eigenvalue weighted by atomic mass is 32.2. The monoisotopic (exact) mass is 380 g/mol. The van der Waals surface area contributed by atoms with Gasteiger partial charge in [0.25, 0.3) is 5.91 Å². The molecule has 0 radical (unpaired) electrons. The third-order valence-corrected chi connectivity index (χ3v) is 7.16. The molecule has 1 amide bonds. The van der Waals surface area contributed by atoms with E-state index >= 15 is 0 Å². The van der Waals surface area contributed by atoms with Crippen molar-refractivity contribution in [1.29, 1.82) is 0 Å². The Balaban J connectivity index is 1.92. The summed E-state index contributed by atoms with van der Waals surface area (Å²) in [4.78, 5) is 14.9. The summed E-state index contributed by atoms with van der Waals surface area (Å²) in [5.74, 6) is 0.628. The van der Waals surface area contributed by atoms with Gasteiger partial charge >= 0.3 is 0 Å². The molecule has 144 valence electrons. The predicted molar refractivity (Wildman–Crippen MR) is 99.9 cm³/mol. The van der Waals surface area contributed by atoms with Crippen LogP contribution < -0.4 is 4.74 Å². The molecule has 1 aromatic rings. The molecular formula is C19H28N2O4S. The van der Waals surface area contributed by atoms with Crippen LogP contribution in [0.3, 0.4) is 0 Å². The van der Waals surface area contributed by atoms with Crippen molar-refractivity contribution in [1.82, 2.24) is 9.21 Å². The minimum atomic E-state index is -3.60. The molecule has 6 nitrogen and oxygen atoms in total. The van der Waals surface area contributed by atoms with E-state index in [0.29, 0.717) is 43.4 Å². The maximum Gasteiger partial charge on any atom is 0.257 e. The highest BCUT2D eigenvalue weighted by Gasteiger charge is 2.30. The van der Waals surface area contributed by atoms with E-state index in [-0.39, 0.29) is 10.8 Å². The molecule has 0 aliphatic carbocycles. The Bertz CT molecular complexity index is 757. The molecule has 26 heavy (non-hydrogen) atoms. The van der Waals surface area contributed by atoms with Crippen molar-refractivity contribution < 1.29 is 17.9 Å². The molecule has 3 rings (SSSR count). The second kappa shape index (κ2) is 7.96. The lowest BCUT2D eigenvalue weighted by Crippen LogP contribution is -2.39. The smallest absolute Gasteiger partial charge is 0.257 e. The quantitative estimate of drug-likeness (QED) is 0.806. The Kier molecular flexibility index (Phi) is 5.87. The van der Waals surface area contributed by atoms with E-state index in [2.05, 4.69) is 6.92 Å². The summed E-state index contributed by atoms with van der Waals surface area (Å²) in [6.45, 7) is 4.56. The average Bonchev–Trinajstić information content (AvgIpc) is 2.67. The van der Waals surface area contributed by atoms with Crippen LogP contribution in [0.1, 0.15) is 49.4 Å². The maximum absolute atomic E-state index is 13.0. The molecule has 2 heterocycles. The highest BCUT2D eigenvalue weighted by Crippen LogP contribution is 2.29. The molecule has 2 saturated heterocycles. The molecule has 1 aromatic carbocycles. The zero-order valence-corrected chi connectivity index (χ0v) is 16.4. The number of methoxy groups -OCH3 is 1. The van der Waals surface area contributed by atoms with Gasteiger partial charge in [0.05, 0.1) is 17.6 Å². The predicted octanol–water partition coefficient (Wildman–Crippen LogP) is 2.74. The minimum absolute atomic E-state index is 0.148. The van der Waals surface area contributed by atoms with Gasteiger partial charge in [-0.15, -0.1) is 0 Å². The number of hydrogen-bond acceptors (Lipinski definition) is 4. The fourth-order valence-corrected chi connectivity index (χ4v) is 5.42. The van der Waals surface area contributed by atoms with Crippen LogP contribution in [-0.4, -0.2) is 56.8 Å². The third-order valence-electron chi connectivity index (χ3n) is 5.30. The first-order valence-corrected chi connectivity index (χ1v) is 10.8. The van der Waals surface area contributed by atoms with Gasteiger partial charge in [0.2, 0.25) is 10.0 Å². The summed E-state index contributed by atoms with van der Waals surface area (Å²) in [7, 11) is -2.10. The number of carbonyl (C=O) groups excluding carboxylic acids is 1. The second-order valence-corrected chi connectivity index (χ2v) is 9.26. The molecule has 2 fully saturated rings. The summed E-state index contributed by atoms with van der Waals surface area (Å²) in [5, 5.41) is 0. The van der Waals surface area contributed by atoms with Gasteiger partial charge in [-0.3, -0.25) is 4.79 Å². The summed E-state index contributed by atoms with van der Waals surface area (Å²) >= 11 is 0. The third kappa shape index (κ3) is 3.88. The molecule has 1 atom stereocenters. The van der Waals surface area contributed by atoms with Gasteiger partial charge in [-0.1, -0.05) is 6.92 Å². The van der Waals surface area contributed by atoms with Crippen molar-refractivity contribution in [3.63, 3.8) is 0 Å². The summed E-state index contributed by atoms with van der Waals surface area (Å²) in [6.07, 6.45) is 5.02. The number of nitrogens with zero attached hydrogens (tertiary/aromatic N) is 2. The van der Waals surface area contributed by atoms with E-state index < -0.39 is 10.0 Å². The summed E-state index contributed by atoms with van der Waals surface area (Å²) < 4.78 is 33.0. The molecule has 0 bridgehead atoms. The first kappa shape index (κ1) is 19.2. The number of hydrogen-bond donors (Lipinski definition) is 0. The van der Waals surface area contributed by atoms with Crippen LogP contribution in [0.2, 0.25) is 0 Å². The van der Waals surface area contributed by atoms with E-state index in [0.717, 1.165) is 32.1 Å². The Morgan fingerprint density at radius 2 is 1.85 bits per heavy atom. The lowest BCUT2D eigenvalue weighted by atomic mass is 10.0. The molecule has 0 saturated carbocycles. The van der Waals surface area contributed by atoms with Crippen LogP contribution in [-0.2, 0) is 10.0 Å². The normalized spacial score (nSPS) is 22.2. The van der Waals surface area contributed by atoms with Gasteiger partial charge in [-0.25, -0.2) is 8.42 Å². The molecule has 2 aliphatic heterocycles. The zero-order valence-electron chi connectivity index (χ0n) is 15.6. The Morgan fingerprint density at radius 3 is 2.50 bits per heavy atom. The van der Waals surface area contributed by atoms with Crippen molar-refractivity contribution in [2.24, 2.45) is 5.92 Å². The van der Waals surface area contributed by atoms with E-state index in [4.69, 9.17) is 4.74 Å². The van der Waals surface area contributed by atoms with Crippen molar-refractivity contribution in [2.45, 2.75) is 43.9 Å². The number of ether oxygens (including phenoxy) is 1. The number of amides is 1. The lowest BCUT2D eigenvalue weighted by Gasteiger charge is -2.30. The van der Waals surface area contributed by atoms with E-state index in [1.165, 1.54) is 17.5 Å². The molecule has 0 unspecified atom stereocenters. The van der Waals surface area contributed by atoms with Crippen molar-refractivity contribution in [2.75, 3.05) is 33.3 Å². The van der Waals surface area contributed by atoms with Gasteiger partial charge in [-0.2, -0.15) is 4.31 Å². The van der Waals surface area contributed by atoms with Crippen LogP contribution in [0.4, 0.5) is 0 Å². The molecule has 7 heteroatoms. The van der Waals surface area contributed by atoms with Crippen LogP contribution in [0.15, 0.2) is 23.1 Å². The fraction of sp³-hybridized carbons (Fsp3) is 0.632. The number of likely N-dealkylation sites (tertiary alicyclic amines) is 1. The van der Waals surface area contributed by atoms with Gasteiger partial charge in [0.15, 0.2) is 0 Å². The van der Waals surface area contributed by atoms with Gasteiger partial charge < -0.3 is 9.64 Å². The fourth-order valence-electron chi connectivity index (χ4n) is 3.80. The van der Waals surface area contributed by atoms with Crippen LogP contribution >= 0.6 is 0 Å². The minimum Gasteiger partial charge on any atom is -0.496 e. The Morgan fingerprint density at radius 1 is 1.12 bits per heavy atom. The van der Waals surface area contributed by atoms with Gasteiger partial charge in [0, 0.05) is 26.2 Å². The van der Waals surface area contributed by atoms with Gasteiger partial charge in [0.1, 0.15) is 5.75 Å². The largest absolute Gasteiger partial charge is 0.496 e. The maximum atomic E-state index is 13.0. The number of sulfonamides is 1. The Hall–Kier alpha value is -1.60. The Labute approximate surface area is 156 Å². The van der Waals surface area contributed by atoms with Crippen LogP contribution in [0, 0.1) is 5.92 Å². The number of rotatable bonds is 4. The van der Waals surface area contributed by atoms with Crippen molar-refractivity contribution in [3.05, 3.63) is 23.8 Å². The number of piperidine rings is 2. The zero-order chi connectivity index (χ0) is 18.7. The molecule has 0 spiro atoms. The van der Waals surface area contributed by atoms with Crippen LogP contribution in [0.25, 0.3) is 0 Å². The first-order chi connectivity index (χ1) is 12.4. The molecule has 0 aromatic heterocycles. The second-order valence-electron chi connectivity index (χ2n) is 7.33. The van der Waals surface area contributed by atoms with Gasteiger partial charge in [-0.05, 0) is 56.2 Å². The topological polar surface area (TPSA) is 66.9 Å². The van der Waals surface area contributed by atoms with E-state index in [1.807, 2.05) is 0 Å². The lowest BCUT2D eigenvalue weighted by molar-refractivity contribution is 0.0720. The highest BCUT2D eigenvalue weighted by molar-refractivity contribution is 7.89. The van der Waals surface area contributed by atoms with E-state index in [9.17, 15) is 13.2 Å². The van der Waals surface area contributed by atoms with Crippen molar-refractivity contribution >= 4 is 15.9 Å². The number of carbonyl (C=O) groups is 1. The average molecular weight is 381 g/mol. The molecular weight excluding hydrogens is 352 g/mol. The standard InChI is InChI=1S/C19H28N2O4S/c1-15-7-6-12-21(14-15)26(23,24)16-8-9-18(25-2)17(13-16)19(22)20-10-4-3-5-11-20/h8-9,13,15H,3-7,10-12,14H2,1-2H3/t15-/m1/s1. The van der Waals surface area contributed by atoms with Crippen LogP contribution in [0.5, 0.6) is 5.75 Å². The molecule has 0 N–H and O–H groups in total. The molecule has 2 aliphatic rings.